The molecule has 26 heavy (non-hydrogen) atoms. The van der Waals surface area contributed by atoms with Gasteiger partial charge in [0.2, 0.25) is 5.91 Å². The Kier molecular flexibility index (Phi) is 6.38. The second-order valence-electron chi connectivity index (χ2n) is 5.47. The number of benzene rings is 2. The van der Waals surface area contributed by atoms with Gasteiger partial charge in [0, 0.05) is 16.7 Å². The van der Waals surface area contributed by atoms with Crippen molar-refractivity contribution in [3.05, 3.63) is 59.4 Å². The Morgan fingerprint density at radius 2 is 1.81 bits per heavy atom. The Morgan fingerprint density at radius 1 is 1.12 bits per heavy atom. The van der Waals surface area contributed by atoms with Crippen molar-refractivity contribution in [1.82, 2.24) is 10.9 Å². The van der Waals surface area contributed by atoms with E-state index in [2.05, 4.69) is 10.9 Å². The lowest BCUT2D eigenvalue weighted by atomic mass is 10.1. The molecule has 0 aliphatic heterocycles. The fraction of sp³-hybridized carbons (Fsp3) is 0.176. The number of carbonyl (C=O) groups excluding carboxylic acids is 2. The van der Waals surface area contributed by atoms with Crippen molar-refractivity contribution in [2.24, 2.45) is 0 Å². The summed E-state index contributed by atoms with van der Waals surface area (Å²) in [5.74, 6) is -1.69. The largest absolute Gasteiger partial charge is 0.272 e. The van der Waals surface area contributed by atoms with Gasteiger partial charge in [-0.25, -0.2) is 12.8 Å². The third kappa shape index (κ3) is 5.30. The van der Waals surface area contributed by atoms with E-state index in [-0.39, 0.29) is 16.2 Å². The standard InChI is InChI=1S/C17H17FN2O4S2/c1-11-7-8-12(26(2,23)24)9-13(11)17(22)20-19-16(21)10-25-15-6-4-3-5-14(15)18/h3-9H,10H2,1-2H3,(H,19,21)(H,20,22). The molecule has 0 fully saturated rings. The van der Waals surface area contributed by atoms with Crippen LogP contribution in [0.5, 0.6) is 0 Å². The number of hydrogen-bond donors (Lipinski definition) is 2. The van der Waals surface area contributed by atoms with Crippen molar-refractivity contribution in [3.8, 4) is 0 Å². The van der Waals surface area contributed by atoms with Gasteiger partial charge < -0.3 is 0 Å². The van der Waals surface area contributed by atoms with Crippen molar-refractivity contribution in [2.45, 2.75) is 16.7 Å². The lowest BCUT2D eigenvalue weighted by molar-refractivity contribution is -0.119. The maximum atomic E-state index is 13.5. The van der Waals surface area contributed by atoms with Crippen LogP contribution in [0.25, 0.3) is 0 Å². The summed E-state index contributed by atoms with van der Waals surface area (Å²) in [4.78, 5) is 24.3. The van der Waals surface area contributed by atoms with Gasteiger partial charge in [-0.2, -0.15) is 0 Å². The number of sulfone groups is 1. The first-order valence-corrected chi connectivity index (χ1v) is 10.3. The summed E-state index contributed by atoms with van der Waals surface area (Å²) in [5, 5.41) is 0. The first-order valence-electron chi connectivity index (χ1n) is 7.45. The Labute approximate surface area is 155 Å². The van der Waals surface area contributed by atoms with E-state index in [1.807, 2.05) is 0 Å². The molecule has 2 amide bonds. The van der Waals surface area contributed by atoms with Gasteiger partial charge >= 0.3 is 0 Å². The number of aryl methyl sites for hydroxylation is 1. The molecule has 0 saturated carbocycles. The highest BCUT2D eigenvalue weighted by atomic mass is 32.2. The summed E-state index contributed by atoms with van der Waals surface area (Å²) < 4.78 is 36.7. The van der Waals surface area contributed by atoms with Crippen LogP contribution in [0.2, 0.25) is 0 Å². The topological polar surface area (TPSA) is 92.3 Å². The van der Waals surface area contributed by atoms with E-state index in [1.165, 1.54) is 24.3 Å². The molecule has 0 saturated heterocycles. The van der Waals surface area contributed by atoms with Crippen molar-refractivity contribution in [3.63, 3.8) is 0 Å². The first kappa shape index (κ1) is 19.9. The molecule has 0 aliphatic carbocycles. The molecule has 0 atom stereocenters. The van der Waals surface area contributed by atoms with Gasteiger partial charge in [-0.05, 0) is 36.8 Å². The van der Waals surface area contributed by atoms with Crippen LogP contribution >= 0.6 is 11.8 Å². The summed E-state index contributed by atoms with van der Waals surface area (Å²) in [5.41, 5.74) is 5.15. The average molecular weight is 396 g/mol. The lowest BCUT2D eigenvalue weighted by Gasteiger charge is -2.10. The number of halogens is 1. The molecular weight excluding hydrogens is 379 g/mol. The van der Waals surface area contributed by atoms with Crippen LogP contribution in [0, 0.1) is 12.7 Å². The van der Waals surface area contributed by atoms with E-state index in [9.17, 15) is 22.4 Å². The van der Waals surface area contributed by atoms with Crippen LogP contribution in [-0.4, -0.2) is 32.2 Å². The Balaban J connectivity index is 1.96. The van der Waals surface area contributed by atoms with E-state index >= 15 is 0 Å². The molecule has 0 radical (unpaired) electrons. The van der Waals surface area contributed by atoms with Crippen LogP contribution in [0.1, 0.15) is 15.9 Å². The molecule has 0 unspecified atom stereocenters. The van der Waals surface area contributed by atoms with Crippen LogP contribution in [0.4, 0.5) is 4.39 Å². The summed E-state index contributed by atoms with van der Waals surface area (Å²) in [6.45, 7) is 1.65. The summed E-state index contributed by atoms with van der Waals surface area (Å²) >= 11 is 0.994. The van der Waals surface area contributed by atoms with Crippen molar-refractivity contribution in [1.29, 1.82) is 0 Å². The molecule has 2 aromatic carbocycles. The molecule has 6 nitrogen and oxygen atoms in total. The molecule has 138 valence electrons. The first-order chi connectivity index (χ1) is 12.2. The minimum absolute atomic E-state index is 0.00897. The summed E-state index contributed by atoms with van der Waals surface area (Å²) in [6.07, 6.45) is 1.04. The minimum atomic E-state index is -3.46. The maximum absolute atomic E-state index is 13.5. The quantitative estimate of drug-likeness (QED) is 0.596. The van der Waals surface area contributed by atoms with Gasteiger partial charge in [-0.15, -0.1) is 11.8 Å². The van der Waals surface area contributed by atoms with E-state index in [1.54, 1.807) is 25.1 Å². The number of carbonyl (C=O) groups is 2. The number of hydrazine groups is 1. The highest BCUT2D eigenvalue weighted by Gasteiger charge is 2.15. The smallest absolute Gasteiger partial charge is 0.269 e. The van der Waals surface area contributed by atoms with Crippen molar-refractivity contribution < 1.29 is 22.4 Å². The monoisotopic (exact) mass is 396 g/mol. The SMILES string of the molecule is Cc1ccc(S(C)(=O)=O)cc1C(=O)NNC(=O)CSc1ccccc1F. The lowest BCUT2D eigenvalue weighted by Crippen LogP contribution is -2.42. The zero-order valence-electron chi connectivity index (χ0n) is 14.1. The molecule has 0 aromatic heterocycles. The van der Waals surface area contributed by atoms with Gasteiger partial charge in [0.25, 0.3) is 5.91 Å². The summed E-state index contributed by atoms with van der Waals surface area (Å²) in [7, 11) is -3.46. The number of nitrogens with one attached hydrogen (secondary N) is 2. The molecule has 0 aliphatic rings. The predicted octanol–water partition coefficient (Wildman–Crippen LogP) is 2.09. The number of rotatable bonds is 5. The zero-order valence-corrected chi connectivity index (χ0v) is 15.7. The molecule has 0 spiro atoms. The second-order valence-corrected chi connectivity index (χ2v) is 8.50. The van der Waals surface area contributed by atoms with Crippen LogP contribution in [0.15, 0.2) is 52.3 Å². The molecule has 2 aromatic rings. The molecular formula is C17H17FN2O4S2. The molecule has 2 N–H and O–H groups in total. The number of hydrogen-bond acceptors (Lipinski definition) is 5. The van der Waals surface area contributed by atoms with Crippen molar-refractivity contribution >= 4 is 33.4 Å². The Morgan fingerprint density at radius 3 is 2.46 bits per heavy atom. The van der Waals surface area contributed by atoms with Gasteiger partial charge in [0.1, 0.15) is 5.82 Å². The van der Waals surface area contributed by atoms with Crippen LogP contribution < -0.4 is 10.9 Å². The fourth-order valence-electron chi connectivity index (χ4n) is 2.01. The molecule has 0 bridgehead atoms. The molecule has 9 heteroatoms. The maximum Gasteiger partial charge on any atom is 0.269 e. The fourth-order valence-corrected chi connectivity index (χ4v) is 3.40. The van der Waals surface area contributed by atoms with E-state index in [4.69, 9.17) is 0 Å². The third-order valence-corrected chi connectivity index (χ3v) is 5.55. The average Bonchev–Trinajstić information content (AvgIpc) is 2.58. The Bertz CT molecular complexity index is 946. The van der Waals surface area contributed by atoms with E-state index in [0.717, 1.165) is 18.0 Å². The highest BCUT2D eigenvalue weighted by Crippen LogP contribution is 2.20. The van der Waals surface area contributed by atoms with Crippen LogP contribution in [-0.2, 0) is 14.6 Å². The van der Waals surface area contributed by atoms with Gasteiger partial charge in [-0.3, -0.25) is 20.4 Å². The molecule has 2 rings (SSSR count). The Hall–Kier alpha value is -2.39. The molecule has 0 heterocycles. The van der Waals surface area contributed by atoms with E-state index < -0.39 is 27.5 Å². The van der Waals surface area contributed by atoms with E-state index in [0.29, 0.717) is 10.5 Å². The number of thioether (sulfide) groups is 1. The minimum Gasteiger partial charge on any atom is -0.272 e. The van der Waals surface area contributed by atoms with Gasteiger partial charge in [0.15, 0.2) is 9.84 Å². The third-order valence-electron chi connectivity index (χ3n) is 3.39. The zero-order chi connectivity index (χ0) is 19.3. The van der Waals surface area contributed by atoms with Gasteiger partial charge in [0.05, 0.1) is 10.6 Å². The highest BCUT2D eigenvalue weighted by molar-refractivity contribution is 8.00. The normalized spacial score (nSPS) is 11.0. The number of amides is 2. The van der Waals surface area contributed by atoms with Crippen LogP contribution in [0.3, 0.4) is 0 Å². The predicted molar refractivity (Wildman–Crippen MR) is 97.0 cm³/mol. The summed E-state index contributed by atoms with van der Waals surface area (Å²) in [6, 6.07) is 10.2. The second kappa shape index (κ2) is 8.33. The van der Waals surface area contributed by atoms with Gasteiger partial charge in [-0.1, -0.05) is 18.2 Å². The van der Waals surface area contributed by atoms with Crippen molar-refractivity contribution in [2.75, 3.05) is 12.0 Å².